The van der Waals surface area contributed by atoms with Crippen molar-refractivity contribution in [2.24, 2.45) is 16.6 Å². The highest BCUT2D eigenvalue weighted by molar-refractivity contribution is 7.09. The highest BCUT2D eigenvalue weighted by atomic mass is 32.1. The lowest BCUT2D eigenvalue weighted by Gasteiger charge is -2.18. The molecular weight excluding hydrogens is 292 g/mol. The van der Waals surface area contributed by atoms with Gasteiger partial charge in [-0.05, 0) is 36.6 Å². The van der Waals surface area contributed by atoms with Crippen molar-refractivity contribution >= 4 is 17.3 Å². The summed E-state index contributed by atoms with van der Waals surface area (Å²) in [6, 6.07) is 4.09. The topological polar surface area (TPSA) is 50.4 Å². The Morgan fingerprint density at radius 2 is 2.33 bits per heavy atom. The maximum atomic E-state index is 13.5. The Bertz CT molecular complexity index is 446. The molecule has 1 saturated carbocycles. The van der Waals surface area contributed by atoms with Crippen LogP contribution in [0.15, 0.2) is 22.5 Å². The summed E-state index contributed by atoms with van der Waals surface area (Å²) in [5, 5.41) is 5.08. The van der Waals surface area contributed by atoms with Crippen LogP contribution in [0.3, 0.4) is 0 Å². The molecule has 21 heavy (non-hydrogen) atoms. The third-order valence-electron chi connectivity index (χ3n) is 3.77. The molecule has 0 spiro atoms. The fourth-order valence-corrected chi connectivity index (χ4v) is 3.36. The standard InChI is InChI=1S/C15H23F2N3S/c16-15(17)7-2-1-4-12(10-15)11-20-14(18)19-8-6-13-5-3-9-21-13/h3,5,9,12H,1-2,4,6-8,10-11H2,(H3,18,19,20). The van der Waals surface area contributed by atoms with E-state index in [1.165, 1.54) is 4.88 Å². The van der Waals surface area contributed by atoms with Crippen molar-refractivity contribution in [1.82, 2.24) is 5.32 Å². The summed E-state index contributed by atoms with van der Waals surface area (Å²) < 4.78 is 27.0. The summed E-state index contributed by atoms with van der Waals surface area (Å²) in [6.07, 6.45) is 3.15. The van der Waals surface area contributed by atoms with Gasteiger partial charge in [-0.25, -0.2) is 8.78 Å². The summed E-state index contributed by atoms with van der Waals surface area (Å²) >= 11 is 1.71. The number of nitrogens with one attached hydrogen (secondary N) is 1. The molecule has 3 nitrogen and oxygen atoms in total. The number of hydrogen-bond donors (Lipinski definition) is 2. The molecule has 1 unspecified atom stereocenters. The second-order valence-corrected chi connectivity index (χ2v) is 6.69. The molecule has 3 N–H and O–H groups in total. The third kappa shape index (κ3) is 5.99. The lowest BCUT2D eigenvalue weighted by molar-refractivity contribution is -0.0241. The number of thiophene rings is 1. The van der Waals surface area contributed by atoms with Crippen molar-refractivity contribution in [2.45, 2.75) is 44.4 Å². The van der Waals surface area contributed by atoms with Crippen LogP contribution in [0.1, 0.15) is 37.0 Å². The zero-order chi connectivity index (χ0) is 15.1. The normalized spacial score (nSPS) is 22.8. The molecule has 6 heteroatoms. The maximum Gasteiger partial charge on any atom is 0.248 e. The number of nitrogens with zero attached hydrogens (tertiary/aromatic N) is 1. The first-order chi connectivity index (χ1) is 10.1. The first kappa shape index (κ1) is 16.2. The SMILES string of the molecule is NC(=NCC1CCCCC(F)(F)C1)NCCc1cccs1. The predicted molar refractivity (Wildman–Crippen MR) is 84.0 cm³/mol. The minimum Gasteiger partial charge on any atom is -0.370 e. The van der Waals surface area contributed by atoms with E-state index in [1.54, 1.807) is 11.3 Å². The minimum atomic E-state index is -2.53. The number of alkyl halides is 2. The summed E-state index contributed by atoms with van der Waals surface area (Å²) in [6.45, 7) is 1.12. The second kappa shape index (κ2) is 7.73. The first-order valence-electron chi connectivity index (χ1n) is 7.49. The van der Waals surface area contributed by atoms with Crippen LogP contribution in [0.5, 0.6) is 0 Å². The Hall–Kier alpha value is -1.17. The number of aliphatic imine (C=N–C) groups is 1. The van der Waals surface area contributed by atoms with E-state index in [4.69, 9.17) is 5.73 Å². The summed E-state index contributed by atoms with van der Waals surface area (Å²) in [7, 11) is 0. The largest absolute Gasteiger partial charge is 0.370 e. The zero-order valence-electron chi connectivity index (χ0n) is 12.2. The Morgan fingerprint density at radius 3 is 3.10 bits per heavy atom. The van der Waals surface area contributed by atoms with Crippen molar-refractivity contribution in [1.29, 1.82) is 0 Å². The number of hydrogen-bond acceptors (Lipinski definition) is 2. The molecular formula is C15H23F2N3S. The lowest BCUT2D eigenvalue weighted by Crippen LogP contribution is -2.34. The van der Waals surface area contributed by atoms with Gasteiger partial charge in [0.1, 0.15) is 0 Å². The van der Waals surface area contributed by atoms with Crippen LogP contribution in [0.2, 0.25) is 0 Å². The number of halogens is 2. The highest BCUT2D eigenvalue weighted by Crippen LogP contribution is 2.35. The molecule has 0 saturated heterocycles. The van der Waals surface area contributed by atoms with E-state index in [2.05, 4.69) is 16.4 Å². The Morgan fingerprint density at radius 1 is 1.48 bits per heavy atom. The molecule has 1 aliphatic carbocycles. The van der Waals surface area contributed by atoms with E-state index < -0.39 is 5.92 Å². The molecule has 0 bridgehead atoms. The fraction of sp³-hybridized carbons (Fsp3) is 0.667. The van der Waals surface area contributed by atoms with Gasteiger partial charge in [0.25, 0.3) is 0 Å². The van der Waals surface area contributed by atoms with Gasteiger partial charge in [0.05, 0.1) is 0 Å². The summed E-state index contributed by atoms with van der Waals surface area (Å²) in [5.74, 6) is -2.22. The molecule has 0 aromatic carbocycles. The van der Waals surface area contributed by atoms with E-state index >= 15 is 0 Å². The van der Waals surface area contributed by atoms with Crippen LogP contribution in [0.25, 0.3) is 0 Å². The van der Waals surface area contributed by atoms with Crippen molar-refractivity contribution in [3.63, 3.8) is 0 Å². The average molecular weight is 315 g/mol. The van der Waals surface area contributed by atoms with Gasteiger partial charge in [0.2, 0.25) is 5.92 Å². The van der Waals surface area contributed by atoms with Crippen LogP contribution in [0, 0.1) is 5.92 Å². The number of rotatable bonds is 5. The summed E-state index contributed by atoms with van der Waals surface area (Å²) in [4.78, 5) is 5.52. The zero-order valence-corrected chi connectivity index (χ0v) is 13.0. The van der Waals surface area contributed by atoms with Gasteiger partial charge in [-0.15, -0.1) is 11.3 Å². The van der Waals surface area contributed by atoms with Gasteiger partial charge in [-0.3, -0.25) is 4.99 Å². The van der Waals surface area contributed by atoms with Gasteiger partial charge in [-0.1, -0.05) is 12.5 Å². The molecule has 1 heterocycles. The molecule has 1 fully saturated rings. The Balaban J connectivity index is 1.71. The number of nitrogens with two attached hydrogens (primary N) is 1. The smallest absolute Gasteiger partial charge is 0.248 e. The van der Waals surface area contributed by atoms with Crippen LogP contribution >= 0.6 is 11.3 Å². The molecule has 1 aliphatic rings. The van der Waals surface area contributed by atoms with E-state index in [9.17, 15) is 8.78 Å². The summed E-state index contributed by atoms with van der Waals surface area (Å²) in [5.41, 5.74) is 5.79. The fourth-order valence-electron chi connectivity index (χ4n) is 2.65. The minimum absolute atomic E-state index is 0.0156. The molecule has 118 valence electrons. The van der Waals surface area contributed by atoms with Crippen LogP contribution in [-0.2, 0) is 6.42 Å². The average Bonchev–Trinajstić information content (AvgIpc) is 2.87. The van der Waals surface area contributed by atoms with Gasteiger partial charge < -0.3 is 11.1 Å². The third-order valence-corrected chi connectivity index (χ3v) is 4.71. The molecule has 1 aromatic heterocycles. The predicted octanol–water partition coefficient (Wildman–Crippen LogP) is 3.41. The maximum absolute atomic E-state index is 13.5. The molecule has 1 atom stereocenters. The molecule has 0 amide bonds. The molecule has 1 aromatic rings. The van der Waals surface area contributed by atoms with Crippen molar-refractivity contribution in [2.75, 3.05) is 13.1 Å². The van der Waals surface area contributed by atoms with Crippen LogP contribution in [-0.4, -0.2) is 25.0 Å². The van der Waals surface area contributed by atoms with Crippen molar-refractivity contribution in [3.05, 3.63) is 22.4 Å². The van der Waals surface area contributed by atoms with E-state index in [0.717, 1.165) is 25.8 Å². The molecule has 0 radical (unpaired) electrons. The van der Waals surface area contributed by atoms with Crippen molar-refractivity contribution in [3.8, 4) is 0 Å². The van der Waals surface area contributed by atoms with E-state index in [0.29, 0.717) is 18.9 Å². The van der Waals surface area contributed by atoms with Crippen LogP contribution < -0.4 is 11.1 Å². The van der Waals surface area contributed by atoms with E-state index in [1.807, 2.05) is 11.4 Å². The first-order valence-corrected chi connectivity index (χ1v) is 8.37. The second-order valence-electron chi connectivity index (χ2n) is 5.65. The Kier molecular flexibility index (Phi) is 5.96. The van der Waals surface area contributed by atoms with Gasteiger partial charge in [-0.2, -0.15) is 0 Å². The molecule has 2 rings (SSSR count). The number of guanidine groups is 1. The van der Waals surface area contributed by atoms with Gasteiger partial charge >= 0.3 is 0 Å². The van der Waals surface area contributed by atoms with Crippen molar-refractivity contribution < 1.29 is 8.78 Å². The van der Waals surface area contributed by atoms with E-state index in [-0.39, 0.29) is 18.8 Å². The van der Waals surface area contributed by atoms with Crippen LogP contribution in [0.4, 0.5) is 8.78 Å². The van der Waals surface area contributed by atoms with Gasteiger partial charge in [0.15, 0.2) is 5.96 Å². The molecule has 0 aliphatic heterocycles. The highest BCUT2D eigenvalue weighted by Gasteiger charge is 2.34. The monoisotopic (exact) mass is 315 g/mol. The lowest BCUT2D eigenvalue weighted by atomic mass is 9.99. The van der Waals surface area contributed by atoms with Gasteiger partial charge in [0, 0.05) is 30.8 Å². The quantitative estimate of drug-likeness (QED) is 0.497. The Labute approximate surface area is 128 Å².